The van der Waals surface area contributed by atoms with Gasteiger partial charge in [-0.15, -0.1) is 24.8 Å². The van der Waals surface area contributed by atoms with Crippen molar-refractivity contribution in [3.8, 4) is 0 Å². The van der Waals surface area contributed by atoms with Crippen molar-refractivity contribution in [2.24, 2.45) is 0 Å². The molecule has 7 nitrogen and oxygen atoms in total. The predicted octanol–water partition coefficient (Wildman–Crippen LogP) is 1.46. The molecule has 0 unspecified atom stereocenters. The first-order valence-electron chi connectivity index (χ1n) is 9.23. The van der Waals surface area contributed by atoms with Crippen LogP contribution in [0.25, 0.3) is 0 Å². The van der Waals surface area contributed by atoms with Crippen LogP contribution in [0.4, 0.5) is 0 Å². The Morgan fingerprint density at radius 2 is 2.00 bits per heavy atom. The second-order valence-electron chi connectivity index (χ2n) is 7.08. The molecule has 0 aliphatic carbocycles. The van der Waals surface area contributed by atoms with Gasteiger partial charge in [0, 0.05) is 30.9 Å². The fourth-order valence-electron chi connectivity index (χ4n) is 3.73. The second kappa shape index (κ2) is 10.7. The number of aliphatic hydroxyl groups excluding tert-OH is 1. The number of β-amino-alcohol motifs (C(OH)–C–C–N with tert-alkyl or cyclic N) is 1. The first-order chi connectivity index (χ1) is 12.9. The number of benzene rings is 1. The zero-order chi connectivity index (χ0) is 19.4. The summed E-state index contributed by atoms with van der Waals surface area (Å²) in [7, 11) is 0. The van der Waals surface area contributed by atoms with E-state index in [4.69, 9.17) is 0 Å². The maximum Gasteiger partial charge on any atom is 0.347 e. The molecule has 2 atom stereocenters. The molecule has 0 bridgehead atoms. The number of carbonyl (C=O) groups excluding carboxylic acids is 1. The highest BCUT2D eigenvalue weighted by atomic mass is 35.5. The average molecular weight is 443 g/mol. The number of nitrogens with one attached hydrogen (secondary N) is 2. The smallest absolute Gasteiger partial charge is 0.347 e. The van der Waals surface area contributed by atoms with E-state index in [0.717, 1.165) is 11.3 Å². The predicted molar refractivity (Wildman–Crippen MR) is 117 cm³/mol. The van der Waals surface area contributed by atoms with Gasteiger partial charge in [0.25, 0.3) is 0 Å². The summed E-state index contributed by atoms with van der Waals surface area (Å²) in [5.41, 5.74) is 1.16. The number of aryl methyl sites for hydroxylation is 2. The number of carbonyl (C=O) groups is 1. The molecule has 160 valence electrons. The van der Waals surface area contributed by atoms with E-state index in [1.54, 1.807) is 6.92 Å². The Kier molecular flexibility index (Phi) is 9.29. The standard InChI is InChI=1S/C20H26N4O3.2ClH/c1-14-12-15(2)24(19(27)22-14)11-8-18(26)23-20(9-10-21-13-17(20)25)16-6-4-3-5-7-16;;/h3-7,12,17,21,25H,8-11,13H2,1-2H3,(H,23,26);2*1H/t17-,20+;;/m1../s1. The molecular weight excluding hydrogens is 415 g/mol. The Bertz CT molecular complexity index is 876. The summed E-state index contributed by atoms with van der Waals surface area (Å²) in [5, 5.41) is 16.9. The van der Waals surface area contributed by atoms with Crippen LogP contribution in [0, 0.1) is 13.8 Å². The third-order valence-corrected chi connectivity index (χ3v) is 5.16. The summed E-state index contributed by atoms with van der Waals surface area (Å²) >= 11 is 0. The normalized spacial score (nSPS) is 20.9. The van der Waals surface area contributed by atoms with Crippen LogP contribution >= 0.6 is 24.8 Å². The Labute approximate surface area is 182 Å². The minimum atomic E-state index is -0.824. The van der Waals surface area contributed by atoms with Crippen molar-refractivity contribution >= 4 is 30.7 Å². The Morgan fingerprint density at radius 3 is 2.62 bits per heavy atom. The van der Waals surface area contributed by atoms with Crippen molar-refractivity contribution in [2.75, 3.05) is 13.1 Å². The third kappa shape index (κ3) is 5.57. The average Bonchev–Trinajstić information content (AvgIpc) is 2.63. The summed E-state index contributed by atoms with van der Waals surface area (Å²) in [4.78, 5) is 28.7. The number of aromatic nitrogens is 2. The molecule has 3 rings (SSSR count). The quantitative estimate of drug-likeness (QED) is 0.651. The van der Waals surface area contributed by atoms with Crippen LogP contribution in [0.2, 0.25) is 0 Å². The van der Waals surface area contributed by atoms with E-state index in [-0.39, 0.29) is 49.4 Å². The minimum absolute atomic E-state index is 0. The van der Waals surface area contributed by atoms with Crippen LogP contribution < -0.4 is 16.3 Å². The first-order valence-corrected chi connectivity index (χ1v) is 9.23. The van der Waals surface area contributed by atoms with Crippen molar-refractivity contribution in [3.05, 3.63) is 63.8 Å². The van der Waals surface area contributed by atoms with E-state index in [2.05, 4.69) is 15.6 Å². The molecule has 1 aliphatic rings. The topological polar surface area (TPSA) is 96.3 Å². The van der Waals surface area contributed by atoms with Gasteiger partial charge in [-0.05, 0) is 38.4 Å². The lowest BCUT2D eigenvalue weighted by Gasteiger charge is -2.43. The number of hydrogen-bond acceptors (Lipinski definition) is 5. The van der Waals surface area contributed by atoms with Gasteiger partial charge in [-0.2, -0.15) is 4.98 Å². The zero-order valence-corrected chi connectivity index (χ0v) is 18.2. The second-order valence-corrected chi connectivity index (χ2v) is 7.08. The molecule has 29 heavy (non-hydrogen) atoms. The Balaban J connectivity index is 0.00000210. The number of hydrogen-bond donors (Lipinski definition) is 3. The number of aliphatic hydroxyl groups is 1. The van der Waals surface area contributed by atoms with Crippen molar-refractivity contribution in [2.45, 2.75) is 44.9 Å². The van der Waals surface area contributed by atoms with E-state index in [1.807, 2.05) is 43.3 Å². The molecule has 3 N–H and O–H groups in total. The number of piperidine rings is 1. The molecule has 2 heterocycles. The van der Waals surface area contributed by atoms with Gasteiger partial charge >= 0.3 is 5.69 Å². The van der Waals surface area contributed by atoms with Gasteiger partial charge in [0.05, 0.1) is 11.6 Å². The van der Waals surface area contributed by atoms with Gasteiger partial charge in [-0.1, -0.05) is 30.3 Å². The summed E-state index contributed by atoms with van der Waals surface area (Å²) in [6.45, 7) is 4.97. The fraction of sp³-hybridized carbons (Fsp3) is 0.450. The zero-order valence-electron chi connectivity index (χ0n) is 16.6. The summed E-state index contributed by atoms with van der Waals surface area (Å²) in [5.74, 6) is -0.202. The van der Waals surface area contributed by atoms with E-state index >= 15 is 0 Å². The number of amides is 1. The molecular formula is C20H28Cl2N4O3. The van der Waals surface area contributed by atoms with Gasteiger partial charge in [0.15, 0.2) is 0 Å². The Morgan fingerprint density at radius 1 is 1.31 bits per heavy atom. The van der Waals surface area contributed by atoms with E-state index in [1.165, 1.54) is 4.57 Å². The molecule has 1 amide bonds. The van der Waals surface area contributed by atoms with Crippen molar-refractivity contribution < 1.29 is 9.90 Å². The highest BCUT2D eigenvalue weighted by Gasteiger charge is 2.42. The maximum absolute atomic E-state index is 12.7. The minimum Gasteiger partial charge on any atom is -0.389 e. The fourth-order valence-corrected chi connectivity index (χ4v) is 3.73. The third-order valence-electron chi connectivity index (χ3n) is 5.16. The molecule has 0 radical (unpaired) electrons. The summed E-state index contributed by atoms with van der Waals surface area (Å²) in [6, 6.07) is 11.4. The maximum atomic E-state index is 12.7. The molecule has 1 aliphatic heterocycles. The van der Waals surface area contributed by atoms with Gasteiger partial charge in [-0.25, -0.2) is 4.79 Å². The van der Waals surface area contributed by atoms with Crippen molar-refractivity contribution in [1.82, 2.24) is 20.2 Å². The molecule has 0 saturated carbocycles. The van der Waals surface area contributed by atoms with E-state index in [0.29, 0.717) is 25.2 Å². The van der Waals surface area contributed by atoms with Gasteiger partial charge in [0.1, 0.15) is 0 Å². The van der Waals surface area contributed by atoms with Crippen LogP contribution in [-0.4, -0.2) is 39.8 Å². The SMILES string of the molecule is Cc1cc(C)n(CCC(=O)N[C@]2(c3ccccc3)CCNC[C@H]2O)c(=O)n1.Cl.Cl. The lowest BCUT2D eigenvalue weighted by Crippen LogP contribution is -2.61. The van der Waals surface area contributed by atoms with Gasteiger partial charge < -0.3 is 15.7 Å². The van der Waals surface area contributed by atoms with Crippen LogP contribution in [0.1, 0.15) is 29.8 Å². The first kappa shape index (κ1) is 25.1. The highest BCUT2D eigenvalue weighted by molar-refractivity contribution is 5.85. The number of nitrogens with zero attached hydrogens (tertiary/aromatic N) is 2. The lowest BCUT2D eigenvalue weighted by molar-refractivity contribution is -0.126. The number of halogens is 2. The van der Waals surface area contributed by atoms with Crippen molar-refractivity contribution in [3.63, 3.8) is 0 Å². The van der Waals surface area contributed by atoms with Crippen LogP contribution in [0.5, 0.6) is 0 Å². The van der Waals surface area contributed by atoms with E-state index in [9.17, 15) is 14.7 Å². The van der Waals surface area contributed by atoms with Gasteiger partial charge in [-0.3, -0.25) is 9.36 Å². The summed E-state index contributed by atoms with van der Waals surface area (Å²) in [6.07, 6.45) is -0.00189. The molecule has 9 heteroatoms. The van der Waals surface area contributed by atoms with Gasteiger partial charge in [0.2, 0.25) is 5.91 Å². The molecule has 0 spiro atoms. The number of rotatable bonds is 5. The largest absolute Gasteiger partial charge is 0.389 e. The molecule has 2 aromatic rings. The lowest BCUT2D eigenvalue weighted by atomic mass is 9.79. The van der Waals surface area contributed by atoms with E-state index < -0.39 is 11.6 Å². The Hall–Kier alpha value is -1.93. The molecule has 1 fully saturated rings. The van der Waals surface area contributed by atoms with Crippen molar-refractivity contribution in [1.29, 1.82) is 0 Å². The molecule has 1 aromatic carbocycles. The highest BCUT2D eigenvalue weighted by Crippen LogP contribution is 2.31. The molecule has 1 aromatic heterocycles. The molecule has 1 saturated heterocycles. The van der Waals surface area contributed by atoms with Crippen LogP contribution in [0.15, 0.2) is 41.2 Å². The monoisotopic (exact) mass is 442 g/mol. The van der Waals surface area contributed by atoms with Crippen LogP contribution in [0.3, 0.4) is 0 Å². The van der Waals surface area contributed by atoms with Crippen LogP contribution in [-0.2, 0) is 16.9 Å². The summed E-state index contributed by atoms with van der Waals surface area (Å²) < 4.78 is 1.50.